The third kappa shape index (κ3) is 3.45. The first-order valence-corrected chi connectivity index (χ1v) is 8.72. The Kier molecular flexibility index (Phi) is 5.49. The lowest BCUT2D eigenvalue weighted by molar-refractivity contribution is -0.0877. The maximum absolute atomic E-state index is 4.68. The van der Waals surface area contributed by atoms with Crippen molar-refractivity contribution in [1.82, 2.24) is 0 Å². The Morgan fingerprint density at radius 2 is 1.46 bits per heavy atom. The van der Waals surface area contributed by atoms with Gasteiger partial charge >= 0.3 is 0 Å². The summed E-state index contributed by atoms with van der Waals surface area (Å²) in [6, 6.07) is 18.0. The van der Waals surface area contributed by atoms with Crippen LogP contribution in [0.4, 0.5) is 0 Å². The predicted molar refractivity (Wildman–Crippen MR) is 102 cm³/mol. The fourth-order valence-corrected chi connectivity index (χ4v) is 3.44. The average molecular weight is 322 g/mol. The minimum atomic E-state index is -0.0648. The van der Waals surface area contributed by atoms with Gasteiger partial charge in [0.15, 0.2) is 6.29 Å². The molecule has 0 bridgehead atoms. The molecule has 0 amide bonds. The van der Waals surface area contributed by atoms with Crippen LogP contribution in [0.1, 0.15) is 30.9 Å². The van der Waals surface area contributed by atoms with Crippen LogP contribution in [0.2, 0.25) is 0 Å². The lowest BCUT2D eigenvalue weighted by atomic mass is 9.86. The van der Waals surface area contributed by atoms with Gasteiger partial charge in [0.1, 0.15) is 0 Å². The Morgan fingerprint density at radius 1 is 0.750 bits per heavy atom. The molecule has 0 unspecified atom stereocenters. The van der Waals surface area contributed by atoms with Crippen molar-refractivity contribution in [3.05, 3.63) is 59.7 Å². The lowest BCUT2D eigenvalue weighted by Gasteiger charge is -2.18. The van der Waals surface area contributed by atoms with E-state index in [1.54, 1.807) is 25.3 Å². The highest BCUT2D eigenvalue weighted by atomic mass is 16.7. The van der Waals surface area contributed by atoms with E-state index in [0.29, 0.717) is 0 Å². The Balaban J connectivity index is 0.000000246. The van der Waals surface area contributed by atoms with Crippen molar-refractivity contribution in [2.75, 3.05) is 14.2 Å². The van der Waals surface area contributed by atoms with Gasteiger partial charge in [-0.1, -0.05) is 48.5 Å². The van der Waals surface area contributed by atoms with Gasteiger partial charge < -0.3 is 9.47 Å². The first-order chi connectivity index (χ1) is 11.7. The molecule has 0 aromatic heterocycles. The third-order valence-corrected chi connectivity index (χ3v) is 4.92. The first-order valence-electron chi connectivity index (χ1n) is 8.72. The smallest absolute Gasteiger partial charge is 0.154 e. The number of methoxy groups -OCH3 is 2. The second kappa shape index (κ2) is 7.78. The van der Waals surface area contributed by atoms with Crippen LogP contribution in [0.15, 0.2) is 48.5 Å². The Hall–Kier alpha value is -1.90. The minimum Gasteiger partial charge on any atom is -0.356 e. The molecule has 1 aliphatic carbocycles. The quantitative estimate of drug-likeness (QED) is 0.458. The predicted octanol–water partition coefficient (Wildman–Crippen LogP) is 5.50. The summed E-state index contributed by atoms with van der Waals surface area (Å²) in [5.41, 5.74) is 3.17. The van der Waals surface area contributed by atoms with Crippen molar-refractivity contribution < 1.29 is 9.47 Å². The number of fused-ring (bicyclic) bond motifs is 5. The van der Waals surface area contributed by atoms with E-state index in [0.717, 1.165) is 0 Å². The molecule has 2 heteroatoms. The molecule has 0 N–H and O–H groups in total. The highest BCUT2D eigenvalue weighted by Crippen LogP contribution is 2.33. The van der Waals surface area contributed by atoms with Crippen LogP contribution in [0.3, 0.4) is 0 Å². The molecule has 3 aromatic rings. The number of hydrogen-bond donors (Lipinski definition) is 0. The average Bonchev–Trinajstić information content (AvgIpc) is 2.67. The largest absolute Gasteiger partial charge is 0.356 e. The Bertz CT molecular complexity index is 819. The van der Waals surface area contributed by atoms with Crippen LogP contribution in [0.5, 0.6) is 0 Å². The molecule has 0 aliphatic heterocycles. The van der Waals surface area contributed by atoms with Crippen LogP contribution in [0.25, 0.3) is 21.5 Å². The molecule has 0 atom stereocenters. The second-order valence-corrected chi connectivity index (χ2v) is 6.33. The first kappa shape index (κ1) is 16.9. The zero-order chi connectivity index (χ0) is 16.9. The van der Waals surface area contributed by atoms with Crippen LogP contribution in [0, 0.1) is 0 Å². The lowest BCUT2D eigenvalue weighted by Crippen LogP contribution is -2.05. The molecule has 0 heterocycles. The van der Waals surface area contributed by atoms with Gasteiger partial charge in [-0.2, -0.15) is 0 Å². The fourth-order valence-electron chi connectivity index (χ4n) is 3.44. The molecule has 0 saturated carbocycles. The molecular formula is C22H26O2. The van der Waals surface area contributed by atoms with Crippen LogP contribution in [-0.4, -0.2) is 20.5 Å². The summed E-state index contributed by atoms with van der Waals surface area (Å²) in [7, 11) is 3.21. The molecule has 1 aliphatic rings. The molecule has 24 heavy (non-hydrogen) atoms. The monoisotopic (exact) mass is 322 g/mol. The van der Waals surface area contributed by atoms with Gasteiger partial charge in [0.25, 0.3) is 0 Å². The highest BCUT2D eigenvalue weighted by Gasteiger charge is 2.13. The maximum Gasteiger partial charge on any atom is 0.154 e. The van der Waals surface area contributed by atoms with E-state index in [9.17, 15) is 0 Å². The van der Waals surface area contributed by atoms with Crippen LogP contribution in [-0.2, 0) is 22.3 Å². The topological polar surface area (TPSA) is 18.5 Å². The van der Waals surface area contributed by atoms with Gasteiger partial charge in [-0.05, 0) is 65.3 Å². The minimum absolute atomic E-state index is 0.0648. The standard InChI is InChI=1S/C18H16.C4H10O2/c1-3-7-15-13(5-1)9-11-18-16-8-4-2-6-14(16)10-12-17(15)18;1-4(5-2)6-3/h1,3,5,7,9-12H,2,4,6,8H2;4H,1-3H3. The van der Waals surface area contributed by atoms with Crippen molar-refractivity contribution >= 4 is 21.5 Å². The summed E-state index contributed by atoms with van der Waals surface area (Å²) in [5.74, 6) is 0. The van der Waals surface area contributed by atoms with Gasteiger partial charge in [0.05, 0.1) is 0 Å². The van der Waals surface area contributed by atoms with E-state index in [-0.39, 0.29) is 6.29 Å². The Morgan fingerprint density at radius 3 is 2.21 bits per heavy atom. The maximum atomic E-state index is 4.68. The summed E-state index contributed by atoms with van der Waals surface area (Å²) in [4.78, 5) is 0. The van der Waals surface area contributed by atoms with E-state index in [1.807, 2.05) is 6.92 Å². The van der Waals surface area contributed by atoms with Gasteiger partial charge in [0, 0.05) is 14.2 Å². The van der Waals surface area contributed by atoms with E-state index >= 15 is 0 Å². The molecule has 0 fully saturated rings. The number of aryl methyl sites for hydroxylation is 2. The fraction of sp³-hybridized carbons (Fsp3) is 0.364. The SMILES string of the molecule is COC(C)OC.c1ccc2c(c1)ccc1c3c(ccc12)CCCC3. The number of hydrogen-bond acceptors (Lipinski definition) is 2. The van der Waals surface area contributed by atoms with E-state index < -0.39 is 0 Å². The summed E-state index contributed by atoms with van der Waals surface area (Å²) < 4.78 is 9.35. The Labute approximate surface area is 144 Å². The van der Waals surface area contributed by atoms with Crippen LogP contribution < -0.4 is 0 Å². The second-order valence-electron chi connectivity index (χ2n) is 6.33. The zero-order valence-corrected chi connectivity index (χ0v) is 14.8. The molecular weight excluding hydrogens is 296 g/mol. The van der Waals surface area contributed by atoms with Crippen molar-refractivity contribution in [3.8, 4) is 0 Å². The molecule has 2 nitrogen and oxygen atoms in total. The van der Waals surface area contributed by atoms with Gasteiger partial charge in [-0.25, -0.2) is 0 Å². The molecule has 126 valence electrons. The summed E-state index contributed by atoms with van der Waals surface area (Å²) >= 11 is 0. The number of rotatable bonds is 2. The van der Waals surface area contributed by atoms with Crippen molar-refractivity contribution in [1.29, 1.82) is 0 Å². The molecule has 3 aromatic carbocycles. The highest BCUT2D eigenvalue weighted by molar-refractivity contribution is 6.08. The molecule has 0 radical (unpaired) electrons. The van der Waals surface area contributed by atoms with Gasteiger partial charge in [-0.3, -0.25) is 0 Å². The van der Waals surface area contributed by atoms with E-state index in [4.69, 9.17) is 0 Å². The van der Waals surface area contributed by atoms with Crippen molar-refractivity contribution in [2.45, 2.75) is 38.9 Å². The van der Waals surface area contributed by atoms with Gasteiger partial charge in [-0.15, -0.1) is 0 Å². The molecule has 0 saturated heterocycles. The summed E-state index contributed by atoms with van der Waals surface area (Å²) in [6.45, 7) is 1.83. The van der Waals surface area contributed by atoms with Gasteiger partial charge in [0.2, 0.25) is 0 Å². The summed E-state index contributed by atoms with van der Waals surface area (Å²) in [5, 5.41) is 5.64. The van der Waals surface area contributed by atoms with E-state index in [2.05, 4.69) is 58.0 Å². The number of ether oxygens (including phenoxy) is 2. The summed E-state index contributed by atoms with van der Waals surface area (Å²) in [6.07, 6.45) is 5.15. The van der Waals surface area contributed by atoms with Crippen LogP contribution >= 0.6 is 0 Å². The van der Waals surface area contributed by atoms with Crippen molar-refractivity contribution in [2.24, 2.45) is 0 Å². The third-order valence-electron chi connectivity index (χ3n) is 4.92. The number of benzene rings is 3. The molecule has 4 rings (SSSR count). The van der Waals surface area contributed by atoms with Crippen molar-refractivity contribution in [3.63, 3.8) is 0 Å². The molecule has 0 spiro atoms. The van der Waals surface area contributed by atoms with E-state index in [1.165, 1.54) is 47.2 Å². The normalized spacial score (nSPS) is 13.7. The zero-order valence-electron chi connectivity index (χ0n) is 14.8.